The minimum atomic E-state index is -4.97. The molecule has 0 rings (SSSR count). The molecular weight excluding hydrogens is 1390 g/mol. The van der Waals surface area contributed by atoms with E-state index in [-0.39, 0.29) is 25.7 Å². The zero-order chi connectivity index (χ0) is 78.1. The number of ether oxygens (including phenoxy) is 4. The van der Waals surface area contributed by atoms with E-state index in [9.17, 15) is 43.2 Å². The van der Waals surface area contributed by atoms with Crippen LogP contribution in [0.3, 0.4) is 0 Å². The van der Waals surface area contributed by atoms with Gasteiger partial charge in [0.1, 0.15) is 19.3 Å². The fraction of sp³-hybridized carbons (Fsp3) is 0.955. The molecule has 17 nitrogen and oxygen atoms in total. The first-order valence-electron chi connectivity index (χ1n) is 45.8. The highest BCUT2D eigenvalue weighted by Gasteiger charge is 2.30. The minimum absolute atomic E-state index is 0.110. The Bertz CT molecular complexity index is 2020. The standard InChI is InChI=1S/C88H172O17P2/c1-5-9-13-17-21-25-29-32-35-38-41-44-47-50-53-57-61-65-69-73-86(91)99-79-84(105-88(93)75-71-67-63-59-55-52-49-46-43-40-37-34-31-27-23-19-15-11-7-3)81-103-107(96,97)101-77-82(89)76-100-106(94,95)102-80-83(78-98-85(90)72-68-64-60-56-28-24-20-16-12-8-4)104-87(92)74-70-66-62-58-54-51-48-45-42-39-36-33-30-26-22-18-14-10-6-2/h82-84,89H,5-81H2,1-4H3,(H,94,95)(H,96,97)/t82-,83+,84+/m0/s1. The van der Waals surface area contributed by atoms with Crippen molar-refractivity contribution in [2.24, 2.45) is 0 Å². The zero-order valence-corrected chi connectivity index (χ0v) is 71.9. The Kier molecular flexibility index (Phi) is 80.6. The van der Waals surface area contributed by atoms with Crippen molar-refractivity contribution in [2.45, 2.75) is 502 Å². The molecule has 5 atom stereocenters. The third-order valence-corrected chi connectivity index (χ3v) is 22.8. The zero-order valence-electron chi connectivity index (χ0n) is 70.1. The number of aliphatic hydroxyl groups is 1. The number of carbonyl (C=O) groups is 4. The molecule has 0 aromatic heterocycles. The summed E-state index contributed by atoms with van der Waals surface area (Å²) in [6.45, 7) is 5.07. The molecule has 0 bridgehead atoms. The van der Waals surface area contributed by atoms with Crippen molar-refractivity contribution in [3.05, 3.63) is 0 Å². The molecule has 0 saturated heterocycles. The fourth-order valence-corrected chi connectivity index (χ4v) is 15.5. The number of unbranched alkanes of at least 4 members (excludes halogenated alkanes) is 63. The third kappa shape index (κ3) is 81.9. The Morgan fingerprint density at radius 2 is 0.374 bits per heavy atom. The highest BCUT2D eigenvalue weighted by atomic mass is 31.2. The summed E-state index contributed by atoms with van der Waals surface area (Å²) in [5, 5.41) is 10.7. The quantitative estimate of drug-likeness (QED) is 0.0222. The van der Waals surface area contributed by atoms with Gasteiger partial charge in [-0.15, -0.1) is 0 Å². The van der Waals surface area contributed by atoms with Gasteiger partial charge in [-0.1, -0.05) is 432 Å². The van der Waals surface area contributed by atoms with E-state index in [1.165, 1.54) is 315 Å². The number of carbonyl (C=O) groups excluding carboxylic acids is 4. The van der Waals surface area contributed by atoms with E-state index in [2.05, 4.69) is 27.7 Å². The molecule has 0 aliphatic heterocycles. The first-order valence-corrected chi connectivity index (χ1v) is 48.8. The molecule has 0 saturated carbocycles. The van der Waals surface area contributed by atoms with Gasteiger partial charge in [0.2, 0.25) is 0 Å². The Hall–Kier alpha value is -1.94. The van der Waals surface area contributed by atoms with Crippen LogP contribution in [0.2, 0.25) is 0 Å². The highest BCUT2D eigenvalue weighted by molar-refractivity contribution is 7.47. The minimum Gasteiger partial charge on any atom is -0.462 e. The molecule has 2 unspecified atom stereocenters. The van der Waals surface area contributed by atoms with Crippen LogP contribution in [0.5, 0.6) is 0 Å². The summed E-state index contributed by atoms with van der Waals surface area (Å²) in [6.07, 6.45) is 77.8. The van der Waals surface area contributed by atoms with Gasteiger partial charge in [0, 0.05) is 25.7 Å². The number of phosphoric acid groups is 2. The van der Waals surface area contributed by atoms with E-state index in [1.807, 2.05) is 0 Å². The molecule has 636 valence electrons. The fourth-order valence-electron chi connectivity index (χ4n) is 13.9. The van der Waals surface area contributed by atoms with Crippen LogP contribution in [0.1, 0.15) is 484 Å². The van der Waals surface area contributed by atoms with Crippen LogP contribution in [0.15, 0.2) is 0 Å². The summed E-state index contributed by atoms with van der Waals surface area (Å²) in [7, 11) is -9.93. The Morgan fingerprint density at radius 3 is 0.551 bits per heavy atom. The second-order valence-corrected chi connectivity index (χ2v) is 34.5. The van der Waals surface area contributed by atoms with E-state index in [0.29, 0.717) is 25.7 Å². The topological polar surface area (TPSA) is 237 Å². The molecule has 0 aliphatic rings. The summed E-state index contributed by atoms with van der Waals surface area (Å²) in [6, 6.07) is 0. The lowest BCUT2D eigenvalue weighted by atomic mass is 10.0. The van der Waals surface area contributed by atoms with Crippen LogP contribution >= 0.6 is 15.6 Å². The molecule has 0 aliphatic carbocycles. The molecule has 107 heavy (non-hydrogen) atoms. The van der Waals surface area contributed by atoms with Crippen molar-refractivity contribution in [1.29, 1.82) is 0 Å². The molecule has 0 fully saturated rings. The van der Waals surface area contributed by atoms with Crippen molar-refractivity contribution < 1.29 is 80.2 Å². The van der Waals surface area contributed by atoms with Gasteiger partial charge in [0.15, 0.2) is 12.2 Å². The summed E-state index contributed by atoms with van der Waals surface area (Å²) in [4.78, 5) is 73.3. The third-order valence-electron chi connectivity index (χ3n) is 20.9. The van der Waals surface area contributed by atoms with Gasteiger partial charge in [-0.05, 0) is 25.7 Å². The molecule has 0 heterocycles. The number of esters is 4. The largest absolute Gasteiger partial charge is 0.472 e. The number of hydrogen-bond acceptors (Lipinski definition) is 15. The lowest BCUT2D eigenvalue weighted by Gasteiger charge is -2.21. The SMILES string of the molecule is CCCCCCCCCCCCCCCCCCCCCC(=O)OC[C@H](COP(=O)(O)OC[C@@H](O)COP(=O)(O)OC[C@@H](COC(=O)CCCCCCCCCCCC)OC(=O)CCCCCCCCCCCCCCCCCCCCC)OC(=O)CCCCCCCCCCCCCCCCCCCCC. The maximum Gasteiger partial charge on any atom is 0.472 e. The van der Waals surface area contributed by atoms with E-state index in [1.54, 1.807) is 0 Å². The second kappa shape index (κ2) is 82.1. The first-order chi connectivity index (χ1) is 52.2. The Labute approximate surface area is 658 Å². The molecule has 0 amide bonds. The average Bonchev–Trinajstić information content (AvgIpc) is 0.901. The number of hydrogen-bond donors (Lipinski definition) is 3. The van der Waals surface area contributed by atoms with Gasteiger partial charge in [-0.3, -0.25) is 37.3 Å². The normalized spacial score (nSPS) is 13.7. The summed E-state index contributed by atoms with van der Waals surface area (Å²) in [5.74, 6) is -2.09. The maximum absolute atomic E-state index is 13.2. The molecule has 0 aromatic carbocycles. The lowest BCUT2D eigenvalue weighted by molar-refractivity contribution is -0.161. The second-order valence-electron chi connectivity index (χ2n) is 31.6. The summed E-state index contributed by atoms with van der Waals surface area (Å²) < 4.78 is 69.0. The van der Waals surface area contributed by atoms with Crippen molar-refractivity contribution in [3.8, 4) is 0 Å². The molecule has 3 N–H and O–H groups in total. The van der Waals surface area contributed by atoms with Crippen LogP contribution in [0, 0.1) is 0 Å². The molecule has 0 radical (unpaired) electrons. The summed E-state index contributed by atoms with van der Waals surface area (Å²) >= 11 is 0. The van der Waals surface area contributed by atoms with Gasteiger partial charge in [-0.2, -0.15) is 0 Å². The number of phosphoric ester groups is 2. The molecule has 0 spiro atoms. The lowest BCUT2D eigenvalue weighted by Crippen LogP contribution is -2.30. The predicted octanol–water partition coefficient (Wildman–Crippen LogP) is 27.3. The smallest absolute Gasteiger partial charge is 0.462 e. The van der Waals surface area contributed by atoms with E-state index in [0.717, 1.165) is 89.9 Å². The molecular formula is C88H172O17P2. The van der Waals surface area contributed by atoms with Crippen LogP contribution in [-0.4, -0.2) is 96.7 Å². The van der Waals surface area contributed by atoms with Gasteiger partial charge < -0.3 is 33.8 Å². The highest BCUT2D eigenvalue weighted by Crippen LogP contribution is 2.45. The summed E-state index contributed by atoms with van der Waals surface area (Å²) in [5.41, 5.74) is 0. The van der Waals surface area contributed by atoms with E-state index < -0.39 is 97.5 Å². The number of rotatable bonds is 89. The monoisotopic (exact) mass is 1560 g/mol. The molecule has 19 heteroatoms. The van der Waals surface area contributed by atoms with Crippen molar-refractivity contribution >= 4 is 39.5 Å². The first kappa shape index (κ1) is 105. The van der Waals surface area contributed by atoms with Crippen LogP contribution in [-0.2, 0) is 65.4 Å². The van der Waals surface area contributed by atoms with Crippen molar-refractivity contribution in [3.63, 3.8) is 0 Å². The van der Waals surface area contributed by atoms with Crippen LogP contribution in [0.4, 0.5) is 0 Å². The predicted molar refractivity (Wildman–Crippen MR) is 442 cm³/mol. The van der Waals surface area contributed by atoms with Gasteiger partial charge in [-0.25, -0.2) is 9.13 Å². The average molecular weight is 1560 g/mol. The van der Waals surface area contributed by atoms with E-state index in [4.69, 9.17) is 37.0 Å². The van der Waals surface area contributed by atoms with Gasteiger partial charge in [0.05, 0.1) is 26.4 Å². The Morgan fingerprint density at radius 1 is 0.224 bits per heavy atom. The van der Waals surface area contributed by atoms with Crippen LogP contribution in [0.25, 0.3) is 0 Å². The van der Waals surface area contributed by atoms with Crippen molar-refractivity contribution in [1.82, 2.24) is 0 Å². The Balaban J connectivity index is 5.21. The van der Waals surface area contributed by atoms with Crippen LogP contribution < -0.4 is 0 Å². The van der Waals surface area contributed by atoms with E-state index >= 15 is 0 Å². The van der Waals surface area contributed by atoms with Gasteiger partial charge in [0.25, 0.3) is 0 Å². The molecule has 0 aromatic rings. The number of aliphatic hydroxyl groups excluding tert-OH is 1. The van der Waals surface area contributed by atoms with Crippen molar-refractivity contribution in [2.75, 3.05) is 39.6 Å². The maximum atomic E-state index is 13.2. The van der Waals surface area contributed by atoms with Gasteiger partial charge >= 0.3 is 39.5 Å².